The zero-order chi connectivity index (χ0) is 19.3. The average molecular weight is 391 g/mol. The number of hydrogen-bond acceptors (Lipinski definition) is 3. The lowest BCUT2D eigenvalue weighted by molar-refractivity contribution is 0.158. The van der Waals surface area contributed by atoms with E-state index in [1.807, 2.05) is 0 Å². The van der Waals surface area contributed by atoms with Crippen molar-refractivity contribution in [1.82, 2.24) is 0 Å². The topological polar surface area (TPSA) is 55.8 Å². The highest BCUT2D eigenvalue weighted by atomic mass is 31.2. The van der Waals surface area contributed by atoms with Gasteiger partial charge in [0.25, 0.3) is 0 Å². The Balaban J connectivity index is 3.15. The van der Waals surface area contributed by atoms with Crippen LogP contribution in [0.2, 0.25) is 0 Å². The van der Waals surface area contributed by atoms with Crippen LogP contribution >= 0.6 is 7.82 Å². The number of unbranched alkanes of at least 4 members (excludes halogenated alkanes) is 15. The van der Waals surface area contributed by atoms with Gasteiger partial charge in [-0.2, -0.15) is 0 Å². The van der Waals surface area contributed by atoms with Crippen LogP contribution in [0.3, 0.4) is 0 Å². The summed E-state index contributed by atoms with van der Waals surface area (Å²) >= 11 is 0. The van der Waals surface area contributed by atoms with Gasteiger partial charge in [-0.15, -0.1) is 6.58 Å². The van der Waals surface area contributed by atoms with Crippen LogP contribution in [0.1, 0.15) is 110 Å². The summed E-state index contributed by atoms with van der Waals surface area (Å²) in [5.41, 5.74) is 0. The summed E-state index contributed by atoms with van der Waals surface area (Å²) in [6.07, 6.45) is 22.4. The molecule has 1 atom stereocenters. The van der Waals surface area contributed by atoms with Gasteiger partial charge in [-0.25, -0.2) is 4.57 Å². The first kappa shape index (κ1) is 25.9. The summed E-state index contributed by atoms with van der Waals surface area (Å²) in [5, 5.41) is 0. The van der Waals surface area contributed by atoms with Crippen molar-refractivity contribution in [3.63, 3.8) is 0 Å². The van der Waals surface area contributed by atoms with Crippen LogP contribution in [0.25, 0.3) is 0 Å². The van der Waals surface area contributed by atoms with Crippen molar-refractivity contribution in [2.45, 2.75) is 110 Å². The third kappa shape index (κ3) is 20.2. The van der Waals surface area contributed by atoms with Gasteiger partial charge in [0.05, 0.1) is 13.2 Å². The standard InChI is InChI=1S/C21H43O4P/c1-3-5-6-7-8-9-10-11-12-13-14-15-16-17-18-19-21-25-26(22,23)24-20-4-2/h4H,2-3,5-21H2,1H3,(H,22,23). The third-order valence-corrected chi connectivity index (χ3v) is 5.59. The molecular formula is C21H43O4P. The Bertz CT molecular complexity index is 347. The average Bonchev–Trinajstić information content (AvgIpc) is 2.62. The lowest BCUT2D eigenvalue weighted by Gasteiger charge is -2.10. The fraction of sp³-hybridized carbons (Fsp3) is 0.905. The van der Waals surface area contributed by atoms with E-state index >= 15 is 0 Å². The molecule has 0 bridgehead atoms. The molecule has 0 aromatic rings. The molecule has 156 valence electrons. The summed E-state index contributed by atoms with van der Waals surface area (Å²) < 4.78 is 21.0. The molecule has 1 N–H and O–H groups in total. The molecule has 0 fully saturated rings. The summed E-state index contributed by atoms with van der Waals surface area (Å²) in [6, 6.07) is 0. The Morgan fingerprint density at radius 2 is 1.12 bits per heavy atom. The predicted octanol–water partition coefficient (Wildman–Crippen LogP) is 7.57. The van der Waals surface area contributed by atoms with E-state index in [0.717, 1.165) is 12.8 Å². The van der Waals surface area contributed by atoms with E-state index in [2.05, 4.69) is 18.0 Å². The van der Waals surface area contributed by atoms with Gasteiger partial charge in [0.2, 0.25) is 0 Å². The first-order valence-electron chi connectivity index (χ1n) is 10.8. The molecule has 0 aliphatic heterocycles. The Kier molecular flexibility index (Phi) is 19.5. The van der Waals surface area contributed by atoms with Crippen molar-refractivity contribution in [3.8, 4) is 0 Å². The maximum Gasteiger partial charge on any atom is 0.472 e. The Morgan fingerprint density at radius 3 is 1.50 bits per heavy atom. The molecule has 4 nitrogen and oxygen atoms in total. The molecule has 0 spiro atoms. The van der Waals surface area contributed by atoms with Crippen LogP contribution in [-0.4, -0.2) is 18.1 Å². The summed E-state index contributed by atoms with van der Waals surface area (Å²) in [6.45, 7) is 6.02. The van der Waals surface area contributed by atoms with Gasteiger partial charge >= 0.3 is 7.82 Å². The fourth-order valence-corrected chi connectivity index (χ4v) is 3.74. The summed E-state index contributed by atoms with van der Waals surface area (Å²) in [5.74, 6) is 0. The molecule has 0 aliphatic rings. The van der Waals surface area contributed by atoms with E-state index in [1.54, 1.807) is 0 Å². The Morgan fingerprint density at radius 1 is 0.731 bits per heavy atom. The summed E-state index contributed by atoms with van der Waals surface area (Å²) in [7, 11) is -3.87. The molecule has 0 aliphatic carbocycles. The first-order valence-corrected chi connectivity index (χ1v) is 12.3. The van der Waals surface area contributed by atoms with E-state index < -0.39 is 7.82 Å². The zero-order valence-corrected chi connectivity index (χ0v) is 18.0. The molecule has 0 heterocycles. The van der Waals surface area contributed by atoms with Crippen LogP contribution in [0.5, 0.6) is 0 Å². The van der Waals surface area contributed by atoms with Gasteiger partial charge < -0.3 is 4.89 Å². The SMILES string of the molecule is C=CCOP(=O)(O)OCCCCCCCCCCCCCCCCCC. The van der Waals surface area contributed by atoms with E-state index in [9.17, 15) is 9.46 Å². The normalized spacial score (nSPS) is 13.6. The third-order valence-electron chi connectivity index (χ3n) is 4.61. The molecule has 0 amide bonds. The van der Waals surface area contributed by atoms with Crippen molar-refractivity contribution in [1.29, 1.82) is 0 Å². The maximum atomic E-state index is 11.4. The number of rotatable bonds is 21. The minimum Gasteiger partial charge on any atom is -0.302 e. The Labute approximate surface area is 162 Å². The number of phosphoric ester groups is 1. The quantitative estimate of drug-likeness (QED) is 0.125. The molecule has 0 radical (unpaired) electrons. The fourth-order valence-electron chi connectivity index (χ4n) is 3.01. The van der Waals surface area contributed by atoms with Gasteiger partial charge in [0, 0.05) is 0 Å². The van der Waals surface area contributed by atoms with E-state index in [0.29, 0.717) is 0 Å². The van der Waals surface area contributed by atoms with Gasteiger partial charge in [-0.1, -0.05) is 109 Å². The van der Waals surface area contributed by atoms with Crippen molar-refractivity contribution in [2.75, 3.05) is 13.2 Å². The van der Waals surface area contributed by atoms with Gasteiger partial charge in [-0.05, 0) is 6.42 Å². The first-order chi connectivity index (χ1) is 12.6. The second-order valence-corrected chi connectivity index (χ2v) is 8.64. The van der Waals surface area contributed by atoms with Crippen molar-refractivity contribution in [3.05, 3.63) is 12.7 Å². The molecule has 26 heavy (non-hydrogen) atoms. The van der Waals surface area contributed by atoms with Gasteiger partial charge in [0.1, 0.15) is 0 Å². The highest BCUT2D eigenvalue weighted by Gasteiger charge is 2.19. The lowest BCUT2D eigenvalue weighted by atomic mass is 10.0. The molecular weight excluding hydrogens is 347 g/mol. The van der Waals surface area contributed by atoms with Gasteiger partial charge in [-0.3, -0.25) is 9.05 Å². The molecule has 0 rings (SSSR count). The van der Waals surface area contributed by atoms with Crippen molar-refractivity contribution < 1.29 is 18.5 Å². The predicted molar refractivity (Wildman–Crippen MR) is 111 cm³/mol. The minimum atomic E-state index is -3.87. The van der Waals surface area contributed by atoms with E-state index in [-0.39, 0.29) is 13.2 Å². The Hall–Kier alpha value is -0.150. The van der Waals surface area contributed by atoms with Crippen LogP contribution in [-0.2, 0) is 13.6 Å². The molecule has 0 saturated heterocycles. The molecule has 0 aromatic carbocycles. The number of phosphoric acid groups is 1. The molecule has 1 unspecified atom stereocenters. The van der Waals surface area contributed by atoms with Crippen molar-refractivity contribution in [2.24, 2.45) is 0 Å². The second kappa shape index (κ2) is 19.6. The van der Waals surface area contributed by atoms with Crippen molar-refractivity contribution >= 4 is 7.82 Å². The van der Waals surface area contributed by atoms with Crippen LogP contribution < -0.4 is 0 Å². The highest BCUT2D eigenvalue weighted by Crippen LogP contribution is 2.43. The van der Waals surface area contributed by atoms with E-state index in [1.165, 1.54) is 96.0 Å². The number of hydrogen-bond donors (Lipinski definition) is 1. The smallest absolute Gasteiger partial charge is 0.302 e. The van der Waals surface area contributed by atoms with E-state index in [4.69, 9.17) is 4.52 Å². The largest absolute Gasteiger partial charge is 0.472 e. The monoisotopic (exact) mass is 390 g/mol. The summed E-state index contributed by atoms with van der Waals surface area (Å²) in [4.78, 5) is 9.33. The van der Waals surface area contributed by atoms with Gasteiger partial charge in [0.15, 0.2) is 0 Å². The second-order valence-electron chi connectivity index (χ2n) is 7.19. The molecule has 0 saturated carbocycles. The zero-order valence-electron chi connectivity index (χ0n) is 17.1. The van der Waals surface area contributed by atoms with Crippen LogP contribution in [0.4, 0.5) is 0 Å². The minimum absolute atomic E-state index is 0.0345. The highest BCUT2D eigenvalue weighted by molar-refractivity contribution is 7.47. The maximum absolute atomic E-state index is 11.4. The van der Waals surface area contributed by atoms with Crippen LogP contribution in [0.15, 0.2) is 12.7 Å². The lowest BCUT2D eigenvalue weighted by Crippen LogP contribution is -1.97. The molecule has 0 aromatic heterocycles. The van der Waals surface area contributed by atoms with Crippen LogP contribution in [0, 0.1) is 0 Å². The molecule has 5 heteroatoms.